The monoisotopic (exact) mass is 839 g/mol. The first-order chi connectivity index (χ1) is 29.6. The Morgan fingerprint density at radius 2 is 0.700 bits per heavy atom. The van der Waals surface area contributed by atoms with Gasteiger partial charge in [0.25, 0.3) is 0 Å². The Morgan fingerprint density at radius 1 is 0.367 bits per heavy atom. The Morgan fingerprint density at radius 3 is 1.15 bits per heavy atom. The fourth-order valence-corrected chi connectivity index (χ4v) is 7.13. The van der Waals surface area contributed by atoms with Gasteiger partial charge in [-0.05, 0) is 89.9 Å². The Balaban J connectivity index is 4.10. The van der Waals surface area contributed by atoms with E-state index in [1.165, 1.54) is 141 Å². The quantitative estimate of drug-likeness (QED) is 0.0347. The molecule has 0 aromatic carbocycles. The van der Waals surface area contributed by atoms with E-state index in [-0.39, 0.29) is 25.2 Å². The summed E-state index contributed by atoms with van der Waals surface area (Å²) in [5.41, 5.74) is 0. The van der Waals surface area contributed by atoms with Gasteiger partial charge in [-0.15, -0.1) is 0 Å². The minimum absolute atomic E-state index is 0.0768. The standard InChI is InChI=1S/C55H98O5/c1-4-7-10-13-16-18-20-22-24-26-28-30-32-34-36-38-40-42-45-48-54(56)59-52-53(51-58-50-47-44-15-12-9-6-3)60-55(57)49-46-43-41-39-37-35-33-31-29-27-25-23-21-19-17-14-11-8-5-2/h16-19,22-25,28,30,53H,4-15,20-21,26-27,29,31-52H2,1-3H3/b18-16-,19-17-,24-22-,25-23-,30-28-. The van der Waals surface area contributed by atoms with Crippen LogP contribution in [0.5, 0.6) is 0 Å². The lowest BCUT2D eigenvalue weighted by Crippen LogP contribution is -2.30. The summed E-state index contributed by atoms with van der Waals surface area (Å²) in [4.78, 5) is 25.3. The summed E-state index contributed by atoms with van der Waals surface area (Å²) in [5.74, 6) is -0.414. The van der Waals surface area contributed by atoms with Crippen molar-refractivity contribution < 1.29 is 23.8 Å². The molecule has 0 heterocycles. The number of ether oxygens (including phenoxy) is 3. The average molecular weight is 839 g/mol. The summed E-state index contributed by atoms with van der Waals surface area (Å²) < 4.78 is 17.3. The number of carbonyl (C=O) groups excluding carboxylic acids is 2. The van der Waals surface area contributed by atoms with Gasteiger partial charge >= 0.3 is 11.9 Å². The van der Waals surface area contributed by atoms with E-state index in [0.29, 0.717) is 19.4 Å². The first kappa shape index (κ1) is 57.6. The van der Waals surface area contributed by atoms with E-state index >= 15 is 0 Å². The first-order valence-electron chi connectivity index (χ1n) is 25.8. The highest BCUT2D eigenvalue weighted by Crippen LogP contribution is 2.14. The molecule has 0 aliphatic rings. The molecule has 0 bridgehead atoms. The van der Waals surface area contributed by atoms with Crippen molar-refractivity contribution in [2.24, 2.45) is 0 Å². The molecule has 0 spiro atoms. The van der Waals surface area contributed by atoms with Gasteiger partial charge in [-0.25, -0.2) is 0 Å². The van der Waals surface area contributed by atoms with Gasteiger partial charge in [-0.1, -0.05) is 210 Å². The molecule has 0 aliphatic carbocycles. The maximum Gasteiger partial charge on any atom is 0.306 e. The van der Waals surface area contributed by atoms with Gasteiger partial charge in [-0.2, -0.15) is 0 Å². The molecule has 0 N–H and O–H groups in total. The molecule has 0 radical (unpaired) electrons. The second kappa shape index (κ2) is 51.0. The van der Waals surface area contributed by atoms with E-state index in [2.05, 4.69) is 81.5 Å². The van der Waals surface area contributed by atoms with Crippen molar-refractivity contribution in [3.8, 4) is 0 Å². The van der Waals surface area contributed by atoms with Crippen LogP contribution in [0.3, 0.4) is 0 Å². The van der Waals surface area contributed by atoms with Crippen molar-refractivity contribution in [1.29, 1.82) is 0 Å². The molecular weight excluding hydrogens is 741 g/mol. The molecular formula is C55H98O5. The predicted molar refractivity (Wildman–Crippen MR) is 261 cm³/mol. The minimum Gasteiger partial charge on any atom is -0.462 e. The zero-order valence-corrected chi connectivity index (χ0v) is 40.0. The summed E-state index contributed by atoms with van der Waals surface area (Å²) >= 11 is 0. The molecule has 0 aromatic heterocycles. The third kappa shape index (κ3) is 48.3. The molecule has 60 heavy (non-hydrogen) atoms. The van der Waals surface area contributed by atoms with Crippen LogP contribution in [0.15, 0.2) is 60.8 Å². The maximum atomic E-state index is 12.7. The molecule has 5 heteroatoms. The van der Waals surface area contributed by atoms with Crippen LogP contribution in [-0.4, -0.2) is 37.9 Å². The lowest BCUT2D eigenvalue weighted by atomic mass is 10.1. The van der Waals surface area contributed by atoms with Gasteiger partial charge in [0, 0.05) is 19.4 Å². The molecule has 0 aliphatic heterocycles. The van der Waals surface area contributed by atoms with Gasteiger partial charge in [0.1, 0.15) is 6.61 Å². The normalized spacial score (nSPS) is 12.7. The van der Waals surface area contributed by atoms with E-state index in [9.17, 15) is 9.59 Å². The fourth-order valence-electron chi connectivity index (χ4n) is 7.13. The van der Waals surface area contributed by atoms with Crippen molar-refractivity contribution in [3.05, 3.63) is 60.8 Å². The summed E-state index contributed by atoms with van der Waals surface area (Å²) in [6.07, 6.45) is 63.8. The molecule has 1 atom stereocenters. The van der Waals surface area contributed by atoms with E-state index in [1.807, 2.05) is 0 Å². The molecule has 1 unspecified atom stereocenters. The number of carbonyl (C=O) groups is 2. The number of rotatable bonds is 47. The van der Waals surface area contributed by atoms with Gasteiger partial charge < -0.3 is 14.2 Å². The largest absolute Gasteiger partial charge is 0.462 e. The first-order valence-corrected chi connectivity index (χ1v) is 25.8. The molecule has 0 aromatic rings. The zero-order chi connectivity index (χ0) is 43.5. The minimum atomic E-state index is -0.540. The lowest BCUT2D eigenvalue weighted by Gasteiger charge is -2.18. The van der Waals surface area contributed by atoms with Crippen LogP contribution in [0.4, 0.5) is 0 Å². The Kier molecular flexibility index (Phi) is 48.9. The van der Waals surface area contributed by atoms with E-state index < -0.39 is 6.10 Å². The fraction of sp³-hybridized carbons (Fsp3) is 0.782. The Bertz CT molecular complexity index is 1040. The van der Waals surface area contributed by atoms with Crippen LogP contribution in [0.1, 0.15) is 252 Å². The smallest absolute Gasteiger partial charge is 0.306 e. The van der Waals surface area contributed by atoms with E-state index in [1.54, 1.807) is 0 Å². The topological polar surface area (TPSA) is 61.8 Å². The summed E-state index contributed by atoms with van der Waals surface area (Å²) in [7, 11) is 0. The maximum absolute atomic E-state index is 12.7. The number of allylic oxidation sites excluding steroid dienone is 10. The molecule has 0 amide bonds. The zero-order valence-electron chi connectivity index (χ0n) is 40.0. The predicted octanol–water partition coefficient (Wildman–Crippen LogP) is 17.3. The highest BCUT2D eigenvalue weighted by atomic mass is 16.6. The van der Waals surface area contributed by atoms with Crippen LogP contribution >= 0.6 is 0 Å². The van der Waals surface area contributed by atoms with Crippen LogP contribution in [0, 0.1) is 0 Å². The van der Waals surface area contributed by atoms with E-state index in [0.717, 1.165) is 77.0 Å². The van der Waals surface area contributed by atoms with Crippen LogP contribution < -0.4 is 0 Å². The summed E-state index contributed by atoms with van der Waals surface area (Å²) in [6, 6.07) is 0. The highest BCUT2D eigenvalue weighted by Gasteiger charge is 2.17. The molecule has 0 rings (SSSR count). The third-order valence-corrected chi connectivity index (χ3v) is 11.0. The molecule has 0 saturated heterocycles. The second-order valence-corrected chi connectivity index (χ2v) is 17.1. The number of hydrogen-bond acceptors (Lipinski definition) is 5. The third-order valence-electron chi connectivity index (χ3n) is 11.0. The Hall–Kier alpha value is -2.40. The Labute approximate surface area is 373 Å². The lowest BCUT2D eigenvalue weighted by molar-refractivity contribution is -0.163. The van der Waals surface area contributed by atoms with Crippen molar-refractivity contribution in [2.45, 2.75) is 258 Å². The van der Waals surface area contributed by atoms with Crippen molar-refractivity contribution in [1.82, 2.24) is 0 Å². The van der Waals surface area contributed by atoms with E-state index in [4.69, 9.17) is 14.2 Å². The summed E-state index contributed by atoms with van der Waals surface area (Å²) in [6.45, 7) is 7.74. The van der Waals surface area contributed by atoms with Gasteiger partial charge in [0.05, 0.1) is 6.61 Å². The van der Waals surface area contributed by atoms with Gasteiger partial charge in [-0.3, -0.25) is 9.59 Å². The average Bonchev–Trinajstić information content (AvgIpc) is 3.25. The van der Waals surface area contributed by atoms with Gasteiger partial charge in [0.15, 0.2) is 6.10 Å². The van der Waals surface area contributed by atoms with Crippen LogP contribution in [-0.2, 0) is 23.8 Å². The molecule has 0 saturated carbocycles. The summed E-state index contributed by atoms with van der Waals surface area (Å²) in [5, 5.41) is 0. The number of esters is 2. The van der Waals surface area contributed by atoms with Crippen LogP contribution in [0.25, 0.3) is 0 Å². The molecule has 5 nitrogen and oxygen atoms in total. The second-order valence-electron chi connectivity index (χ2n) is 17.1. The van der Waals surface area contributed by atoms with Gasteiger partial charge in [0.2, 0.25) is 0 Å². The van der Waals surface area contributed by atoms with Crippen molar-refractivity contribution >= 4 is 11.9 Å². The SMILES string of the molecule is CCCCC/C=C\C/C=C\C/C=C\CCCCCCCCC(=O)OCC(COCCCCCCCC)OC(=O)CCCCCCCCCCC/C=C\C/C=C\CCCCC. The highest BCUT2D eigenvalue weighted by molar-refractivity contribution is 5.70. The van der Waals surface area contributed by atoms with Crippen molar-refractivity contribution in [3.63, 3.8) is 0 Å². The number of unbranched alkanes of at least 4 members (excludes halogenated alkanes) is 26. The number of hydrogen-bond donors (Lipinski definition) is 0. The van der Waals surface area contributed by atoms with Crippen molar-refractivity contribution in [2.75, 3.05) is 19.8 Å². The molecule has 348 valence electrons. The molecule has 0 fully saturated rings. The van der Waals surface area contributed by atoms with Crippen LogP contribution in [0.2, 0.25) is 0 Å².